The van der Waals surface area contributed by atoms with Gasteiger partial charge in [-0.3, -0.25) is 0 Å². The van der Waals surface area contributed by atoms with E-state index in [1.807, 2.05) is 11.3 Å². The zero-order valence-electron chi connectivity index (χ0n) is 10.5. The topological polar surface area (TPSA) is 35.2 Å². The van der Waals surface area contributed by atoms with Crippen molar-refractivity contribution < 1.29 is 4.74 Å². The molecular weight excluding hydrogens is 242 g/mol. The van der Waals surface area contributed by atoms with Gasteiger partial charge in [0, 0.05) is 9.75 Å². The van der Waals surface area contributed by atoms with Crippen molar-refractivity contribution >= 4 is 11.3 Å². The third-order valence-corrected chi connectivity index (χ3v) is 4.75. The largest absolute Gasteiger partial charge is 0.372 e. The molecule has 1 aromatic heterocycles. The summed E-state index contributed by atoms with van der Waals surface area (Å²) in [6, 6.07) is 10.8. The number of hydrogen-bond donors (Lipinski definition) is 1. The normalized spacial score (nSPS) is 15.7. The van der Waals surface area contributed by atoms with Gasteiger partial charge in [0.05, 0.1) is 19.3 Å². The maximum atomic E-state index is 6.35. The van der Waals surface area contributed by atoms with E-state index < -0.39 is 0 Å². The summed E-state index contributed by atoms with van der Waals surface area (Å²) in [6.45, 7) is 3.64. The van der Waals surface area contributed by atoms with Crippen LogP contribution in [0, 0.1) is 0 Å². The number of hydrogen-bond acceptors (Lipinski definition) is 3. The molecule has 0 fully saturated rings. The van der Waals surface area contributed by atoms with Crippen molar-refractivity contribution in [3.05, 3.63) is 56.8 Å². The number of nitrogens with two attached hydrogens (primary N) is 1. The molecule has 1 aliphatic rings. The van der Waals surface area contributed by atoms with Crippen LogP contribution in [-0.4, -0.2) is 0 Å². The molecule has 0 spiro atoms. The van der Waals surface area contributed by atoms with E-state index in [1.54, 1.807) is 0 Å². The smallest absolute Gasteiger partial charge is 0.0725 e. The predicted molar refractivity (Wildman–Crippen MR) is 74.7 cm³/mol. The van der Waals surface area contributed by atoms with E-state index in [9.17, 15) is 0 Å². The summed E-state index contributed by atoms with van der Waals surface area (Å²) in [5.74, 6) is 0. The summed E-state index contributed by atoms with van der Waals surface area (Å²) in [7, 11) is 0. The Morgan fingerprint density at radius 2 is 2.06 bits per heavy atom. The Balaban J connectivity index is 1.89. The van der Waals surface area contributed by atoms with Gasteiger partial charge >= 0.3 is 0 Å². The average Bonchev–Trinajstić information content (AvgIpc) is 3.05. The number of thiophene rings is 1. The van der Waals surface area contributed by atoms with Gasteiger partial charge in [0.25, 0.3) is 0 Å². The highest BCUT2D eigenvalue weighted by Gasteiger charge is 2.16. The van der Waals surface area contributed by atoms with Crippen molar-refractivity contribution in [1.82, 2.24) is 0 Å². The molecule has 18 heavy (non-hydrogen) atoms. The van der Waals surface area contributed by atoms with Crippen LogP contribution in [0.2, 0.25) is 0 Å². The second kappa shape index (κ2) is 4.84. The molecule has 0 bridgehead atoms. The van der Waals surface area contributed by atoms with Crippen LogP contribution in [0.4, 0.5) is 0 Å². The molecule has 2 aromatic rings. The number of rotatable bonds is 3. The second-order valence-electron chi connectivity index (χ2n) is 4.66. The third-order valence-electron chi connectivity index (χ3n) is 3.44. The molecule has 1 atom stereocenters. The summed E-state index contributed by atoms with van der Waals surface area (Å²) in [5.41, 5.74) is 10.1. The first-order valence-electron chi connectivity index (χ1n) is 6.31. The number of ether oxygens (including phenoxy) is 1. The van der Waals surface area contributed by atoms with E-state index in [0.717, 1.165) is 19.6 Å². The molecule has 1 unspecified atom stereocenters. The highest BCUT2D eigenvalue weighted by atomic mass is 32.1. The van der Waals surface area contributed by atoms with E-state index in [2.05, 4.69) is 37.3 Å². The van der Waals surface area contributed by atoms with Gasteiger partial charge < -0.3 is 10.5 Å². The Morgan fingerprint density at radius 3 is 2.83 bits per heavy atom. The molecule has 3 rings (SSSR count). The fourth-order valence-electron chi connectivity index (χ4n) is 2.30. The molecule has 0 aliphatic carbocycles. The SMILES string of the molecule is CCc1ccc(C(N)c2ccc3c(c2)COC3)s1. The molecule has 94 valence electrons. The van der Waals surface area contributed by atoms with Crippen molar-refractivity contribution in [3.8, 4) is 0 Å². The van der Waals surface area contributed by atoms with Gasteiger partial charge in [0.15, 0.2) is 0 Å². The molecule has 2 nitrogen and oxygen atoms in total. The van der Waals surface area contributed by atoms with Gasteiger partial charge in [0.2, 0.25) is 0 Å². The summed E-state index contributed by atoms with van der Waals surface area (Å²) in [6.07, 6.45) is 1.08. The van der Waals surface area contributed by atoms with Crippen LogP contribution in [0.25, 0.3) is 0 Å². The lowest BCUT2D eigenvalue weighted by Crippen LogP contribution is -2.10. The summed E-state index contributed by atoms with van der Waals surface area (Å²) < 4.78 is 5.44. The number of benzene rings is 1. The first kappa shape index (κ1) is 11.9. The Morgan fingerprint density at radius 1 is 1.22 bits per heavy atom. The van der Waals surface area contributed by atoms with E-state index in [0.29, 0.717) is 0 Å². The standard InChI is InChI=1S/C15H17NOS/c1-2-13-5-6-14(18-13)15(16)10-3-4-11-8-17-9-12(11)7-10/h3-7,15H,2,8-9,16H2,1H3. The fourth-order valence-corrected chi connectivity index (χ4v) is 3.28. The van der Waals surface area contributed by atoms with Crippen molar-refractivity contribution in [2.24, 2.45) is 5.73 Å². The fraction of sp³-hybridized carbons (Fsp3) is 0.333. The monoisotopic (exact) mass is 259 g/mol. The first-order chi connectivity index (χ1) is 8.78. The minimum absolute atomic E-state index is 0.0128. The van der Waals surface area contributed by atoms with Crippen molar-refractivity contribution in [2.45, 2.75) is 32.6 Å². The van der Waals surface area contributed by atoms with Crippen LogP contribution >= 0.6 is 11.3 Å². The van der Waals surface area contributed by atoms with Gasteiger partial charge in [-0.05, 0) is 35.2 Å². The van der Waals surface area contributed by atoms with E-state index in [4.69, 9.17) is 10.5 Å². The van der Waals surface area contributed by atoms with Gasteiger partial charge in [-0.25, -0.2) is 0 Å². The van der Waals surface area contributed by atoms with Gasteiger partial charge in [-0.1, -0.05) is 25.1 Å². The van der Waals surface area contributed by atoms with Gasteiger partial charge in [0.1, 0.15) is 0 Å². The molecule has 1 aliphatic heterocycles. The Bertz CT molecular complexity index is 561. The van der Waals surface area contributed by atoms with Gasteiger partial charge in [-0.2, -0.15) is 0 Å². The number of fused-ring (bicyclic) bond motifs is 1. The first-order valence-corrected chi connectivity index (χ1v) is 7.13. The minimum atomic E-state index is -0.0128. The van der Waals surface area contributed by atoms with Crippen LogP contribution in [0.15, 0.2) is 30.3 Å². The average molecular weight is 259 g/mol. The molecule has 2 N–H and O–H groups in total. The Hall–Kier alpha value is -1.16. The second-order valence-corrected chi connectivity index (χ2v) is 5.86. The highest BCUT2D eigenvalue weighted by molar-refractivity contribution is 7.12. The molecule has 1 aromatic carbocycles. The predicted octanol–water partition coefficient (Wildman–Crippen LogP) is 3.39. The van der Waals surface area contributed by atoms with E-state index in [1.165, 1.54) is 26.4 Å². The molecule has 3 heteroatoms. The zero-order chi connectivity index (χ0) is 12.5. The maximum Gasteiger partial charge on any atom is 0.0725 e. The highest BCUT2D eigenvalue weighted by Crippen LogP contribution is 2.29. The van der Waals surface area contributed by atoms with Crippen molar-refractivity contribution in [1.29, 1.82) is 0 Å². The van der Waals surface area contributed by atoms with Crippen molar-refractivity contribution in [2.75, 3.05) is 0 Å². The van der Waals surface area contributed by atoms with E-state index in [-0.39, 0.29) is 6.04 Å². The molecular formula is C15H17NOS. The summed E-state index contributed by atoms with van der Waals surface area (Å²) in [4.78, 5) is 2.63. The van der Waals surface area contributed by atoms with Crippen LogP contribution < -0.4 is 5.73 Å². The summed E-state index contributed by atoms with van der Waals surface area (Å²) >= 11 is 1.81. The molecule has 0 saturated carbocycles. The molecule has 0 radical (unpaired) electrons. The Kier molecular flexibility index (Phi) is 3.20. The van der Waals surface area contributed by atoms with Crippen LogP contribution in [-0.2, 0) is 24.4 Å². The Labute approximate surface area is 111 Å². The molecule has 2 heterocycles. The quantitative estimate of drug-likeness (QED) is 0.917. The van der Waals surface area contributed by atoms with Crippen molar-refractivity contribution in [3.63, 3.8) is 0 Å². The van der Waals surface area contributed by atoms with Crippen LogP contribution in [0.5, 0.6) is 0 Å². The zero-order valence-corrected chi connectivity index (χ0v) is 11.3. The third kappa shape index (κ3) is 2.09. The lowest BCUT2D eigenvalue weighted by Gasteiger charge is -2.11. The lowest BCUT2D eigenvalue weighted by molar-refractivity contribution is 0.134. The van der Waals surface area contributed by atoms with E-state index >= 15 is 0 Å². The van der Waals surface area contributed by atoms with Crippen LogP contribution in [0.3, 0.4) is 0 Å². The molecule has 0 amide bonds. The molecule has 0 saturated heterocycles. The minimum Gasteiger partial charge on any atom is -0.372 e. The number of aryl methyl sites for hydroxylation is 1. The lowest BCUT2D eigenvalue weighted by atomic mass is 10.0. The maximum absolute atomic E-state index is 6.35. The van der Waals surface area contributed by atoms with Crippen LogP contribution in [0.1, 0.15) is 39.4 Å². The van der Waals surface area contributed by atoms with Gasteiger partial charge in [-0.15, -0.1) is 11.3 Å². The summed E-state index contributed by atoms with van der Waals surface area (Å²) in [5, 5.41) is 0.